The molecule has 3 aromatic carbocycles. The Morgan fingerprint density at radius 1 is 0.893 bits per heavy atom. The number of hydrogen-bond donors (Lipinski definition) is 5. The van der Waals surface area contributed by atoms with E-state index in [1.807, 2.05) is 38.1 Å². The highest BCUT2D eigenvalue weighted by Crippen LogP contribution is 2.20. The van der Waals surface area contributed by atoms with Gasteiger partial charge in [-0.25, -0.2) is 0 Å². The molecule has 0 bridgehead atoms. The average Bonchev–Trinajstić information content (AvgIpc) is 3.18. The number of aromatic hydroxyl groups is 1. The maximum absolute atomic E-state index is 13.8. The number of hydrogen-bond acceptors (Lipinski definition) is 9. The van der Waals surface area contributed by atoms with Gasteiger partial charge in [0.15, 0.2) is 0 Å². The second kappa shape index (κ2) is 20.4. The Bertz CT molecular complexity index is 1810. The van der Waals surface area contributed by atoms with Crippen molar-refractivity contribution in [3.05, 3.63) is 95.1 Å². The highest BCUT2D eigenvalue weighted by molar-refractivity contribution is 6.00. The molecule has 0 saturated carbocycles. The summed E-state index contributed by atoms with van der Waals surface area (Å²) in [6.45, 7) is 7.86. The predicted octanol–water partition coefficient (Wildman–Crippen LogP) is 2.53. The molecule has 0 aromatic heterocycles. The van der Waals surface area contributed by atoms with Crippen LogP contribution < -0.4 is 26.0 Å². The van der Waals surface area contributed by atoms with Gasteiger partial charge in [-0.3, -0.25) is 28.9 Å². The first kappa shape index (κ1) is 41.7. The molecular formula is C42H54N6O8. The molecule has 3 aromatic rings. The van der Waals surface area contributed by atoms with Crippen LogP contribution in [0.3, 0.4) is 0 Å². The quantitative estimate of drug-likeness (QED) is 0.219. The van der Waals surface area contributed by atoms with Crippen molar-refractivity contribution in [1.29, 1.82) is 0 Å². The summed E-state index contributed by atoms with van der Waals surface area (Å²) in [7, 11) is 1.49. The topological polar surface area (TPSA) is 179 Å². The lowest BCUT2D eigenvalue weighted by molar-refractivity contribution is -0.138. The number of nitrogens with one attached hydrogen (secondary N) is 4. The van der Waals surface area contributed by atoms with E-state index in [4.69, 9.17) is 9.47 Å². The van der Waals surface area contributed by atoms with Crippen molar-refractivity contribution in [2.24, 2.45) is 5.92 Å². The number of phenols is 1. The third-order valence-electron chi connectivity index (χ3n) is 9.71. The summed E-state index contributed by atoms with van der Waals surface area (Å²) < 4.78 is 11.6. The molecule has 0 unspecified atom stereocenters. The molecule has 14 nitrogen and oxygen atoms in total. The summed E-state index contributed by atoms with van der Waals surface area (Å²) in [6, 6.07) is 18.3. The first-order chi connectivity index (χ1) is 26.9. The predicted molar refractivity (Wildman–Crippen MR) is 210 cm³/mol. The van der Waals surface area contributed by atoms with Crippen LogP contribution in [-0.4, -0.2) is 109 Å². The number of ether oxygens (including phenoxy) is 2. The number of amides is 5. The highest BCUT2D eigenvalue weighted by atomic mass is 16.5. The van der Waals surface area contributed by atoms with Crippen molar-refractivity contribution in [3.8, 4) is 11.5 Å². The summed E-state index contributed by atoms with van der Waals surface area (Å²) >= 11 is 0. The summed E-state index contributed by atoms with van der Waals surface area (Å²) in [5, 5.41) is 21.3. The van der Waals surface area contributed by atoms with Gasteiger partial charge in [-0.1, -0.05) is 62.4 Å². The van der Waals surface area contributed by atoms with Crippen LogP contribution in [-0.2, 0) is 43.4 Å². The largest absolute Gasteiger partial charge is 0.508 e. The van der Waals surface area contributed by atoms with E-state index in [1.165, 1.54) is 24.1 Å². The molecule has 5 N–H and O–H groups in total. The number of carbonyl (C=O) groups excluding carboxylic acids is 5. The van der Waals surface area contributed by atoms with E-state index >= 15 is 0 Å². The third kappa shape index (κ3) is 12.8. The van der Waals surface area contributed by atoms with Gasteiger partial charge in [0, 0.05) is 46.1 Å². The second-order valence-corrected chi connectivity index (χ2v) is 14.9. The van der Waals surface area contributed by atoms with Crippen molar-refractivity contribution in [3.63, 3.8) is 0 Å². The summed E-state index contributed by atoms with van der Waals surface area (Å²) in [5.74, 6) is -1.96. The molecule has 1 saturated heterocycles. The number of phenolic OH excluding ortho intramolecular Hbond substituents is 1. The van der Waals surface area contributed by atoms with Gasteiger partial charge in [0.25, 0.3) is 5.91 Å². The standard InChI is InChI=1S/C42H54N6O8/c1-28(2)21-32-27-56-37-10-5-4-9-34(37)40(52)46-35(41(53)43-24-30-7-6-8-31(22-30)25-48-17-19-55-20-18-48)15-16-38(50)45-36(23-29-11-13-33(49)14-12-29)42(54)47(3)26-39(51)44-32/h4-14,22,28,32,35-36,49H,15-21,23-27H2,1-3H3,(H,43,53)(H,44,51)(H,45,50)(H,46,52)/t32-,35-,36-/m0/s1. The fourth-order valence-corrected chi connectivity index (χ4v) is 6.82. The molecule has 0 radical (unpaired) electrons. The van der Waals surface area contributed by atoms with Gasteiger partial charge >= 0.3 is 0 Å². The van der Waals surface area contributed by atoms with E-state index in [2.05, 4.69) is 26.2 Å². The number of para-hydroxylation sites is 1. The highest BCUT2D eigenvalue weighted by Gasteiger charge is 2.29. The first-order valence-corrected chi connectivity index (χ1v) is 19.2. The molecule has 3 atom stereocenters. The van der Waals surface area contributed by atoms with Gasteiger partial charge in [0.2, 0.25) is 23.6 Å². The van der Waals surface area contributed by atoms with Gasteiger partial charge in [-0.05, 0) is 59.7 Å². The van der Waals surface area contributed by atoms with Crippen molar-refractivity contribution >= 4 is 29.5 Å². The van der Waals surface area contributed by atoms with Gasteiger partial charge in [-0.15, -0.1) is 0 Å². The van der Waals surface area contributed by atoms with Crippen molar-refractivity contribution in [1.82, 2.24) is 31.1 Å². The van der Waals surface area contributed by atoms with E-state index in [-0.39, 0.29) is 61.9 Å². The SMILES string of the molecule is CC(C)C[C@H]1COc2ccccc2C(=O)N[C@H](C(=O)NCc2cccc(CN3CCOCC3)c2)CCC(=O)N[C@@H](Cc2ccc(O)cc2)C(=O)N(C)CC(=O)N1. The molecule has 2 aliphatic heterocycles. The van der Waals surface area contributed by atoms with Crippen molar-refractivity contribution in [2.45, 2.75) is 70.7 Å². The van der Waals surface area contributed by atoms with E-state index < -0.39 is 47.7 Å². The fourth-order valence-electron chi connectivity index (χ4n) is 6.82. The van der Waals surface area contributed by atoms with Gasteiger partial charge in [0.1, 0.15) is 30.2 Å². The zero-order valence-electron chi connectivity index (χ0n) is 32.4. The minimum Gasteiger partial charge on any atom is -0.508 e. The number of nitrogens with zero attached hydrogens (tertiary/aromatic N) is 2. The lowest BCUT2D eigenvalue weighted by Crippen LogP contribution is -2.52. The second-order valence-electron chi connectivity index (χ2n) is 14.9. The van der Waals surface area contributed by atoms with Gasteiger partial charge < -0.3 is 40.7 Å². The van der Waals surface area contributed by atoms with Crippen LogP contribution in [0.25, 0.3) is 0 Å². The fraction of sp³-hybridized carbons (Fsp3) is 0.452. The molecule has 1 fully saturated rings. The number of benzene rings is 3. The van der Waals surface area contributed by atoms with E-state index in [0.29, 0.717) is 25.2 Å². The molecule has 5 amide bonds. The summed E-state index contributed by atoms with van der Waals surface area (Å²) in [4.78, 5) is 71.8. The Balaban J connectivity index is 1.38. The molecular weight excluding hydrogens is 716 g/mol. The lowest BCUT2D eigenvalue weighted by atomic mass is 10.0. The van der Waals surface area contributed by atoms with Crippen LogP contribution in [0.15, 0.2) is 72.8 Å². The zero-order chi connectivity index (χ0) is 40.0. The summed E-state index contributed by atoms with van der Waals surface area (Å²) in [6.07, 6.45) is 0.378. The number of rotatable bonds is 9. The molecule has 56 heavy (non-hydrogen) atoms. The zero-order valence-corrected chi connectivity index (χ0v) is 32.4. The molecule has 2 heterocycles. The Labute approximate surface area is 328 Å². The van der Waals surface area contributed by atoms with Gasteiger partial charge in [0.05, 0.1) is 31.4 Å². The molecule has 0 aliphatic carbocycles. The Morgan fingerprint density at radius 2 is 1.62 bits per heavy atom. The number of likely N-dealkylation sites (N-methyl/N-ethyl adjacent to an activating group) is 1. The molecule has 0 spiro atoms. The Morgan fingerprint density at radius 3 is 2.38 bits per heavy atom. The molecule has 300 valence electrons. The van der Waals surface area contributed by atoms with E-state index in [0.717, 1.165) is 30.8 Å². The summed E-state index contributed by atoms with van der Waals surface area (Å²) in [5.41, 5.74) is 2.86. The third-order valence-corrected chi connectivity index (χ3v) is 9.71. The number of fused-ring (bicyclic) bond motifs is 1. The van der Waals surface area contributed by atoms with Crippen LogP contribution >= 0.6 is 0 Å². The number of morpholine rings is 1. The van der Waals surface area contributed by atoms with E-state index in [9.17, 15) is 29.1 Å². The van der Waals surface area contributed by atoms with Crippen LogP contribution in [0.1, 0.15) is 60.2 Å². The monoisotopic (exact) mass is 770 g/mol. The Kier molecular flexibility index (Phi) is 15.2. The van der Waals surface area contributed by atoms with Crippen LogP contribution in [0.2, 0.25) is 0 Å². The van der Waals surface area contributed by atoms with E-state index in [1.54, 1.807) is 36.4 Å². The van der Waals surface area contributed by atoms with Crippen molar-refractivity contribution in [2.75, 3.05) is 46.5 Å². The number of carbonyl (C=O) groups is 5. The average molecular weight is 771 g/mol. The molecule has 5 rings (SSSR count). The minimum atomic E-state index is -1.11. The first-order valence-electron chi connectivity index (χ1n) is 19.2. The normalized spacial score (nSPS) is 20.8. The molecule has 14 heteroatoms. The van der Waals surface area contributed by atoms with Crippen LogP contribution in [0.4, 0.5) is 0 Å². The maximum Gasteiger partial charge on any atom is 0.255 e. The smallest absolute Gasteiger partial charge is 0.255 e. The van der Waals surface area contributed by atoms with Crippen LogP contribution in [0.5, 0.6) is 11.5 Å². The Hall–Kier alpha value is -5.47. The maximum atomic E-state index is 13.8. The van der Waals surface area contributed by atoms with Crippen LogP contribution in [0, 0.1) is 5.92 Å². The lowest BCUT2D eigenvalue weighted by Gasteiger charge is -2.27. The van der Waals surface area contributed by atoms with Gasteiger partial charge in [-0.2, -0.15) is 0 Å². The van der Waals surface area contributed by atoms with Crippen molar-refractivity contribution < 1.29 is 38.6 Å². The minimum absolute atomic E-state index is 0.0530. The molecule has 2 aliphatic rings.